The molecule has 2 heterocycles. The van der Waals surface area contributed by atoms with Gasteiger partial charge in [0.1, 0.15) is 5.75 Å². The molecule has 1 aliphatic rings. The van der Waals surface area contributed by atoms with E-state index in [0.717, 1.165) is 18.0 Å². The quantitative estimate of drug-likeness (QED) is 0.822. The lowest BCUT2D eigenvalue weighted by Gasteiger charge is -2.28. The minimum Gasteiger partial charge on any atom is -0.481 e. The van der Waals surface area contributed by atoms with E-state index in [-0.39, 0.29) is 6.10 Å². The molecule has 1 aromatic heterocycles. The molecule has 2 aromatic rings. The summed E-state index contributed by atoms with van der Waals surface area (Å²) in [5.74, 6) is 1.00. The van der Waals surface area contributed by atoms with Crippen LogP contribution in [0.3, 0.4) is 0 Å². The molecule has 0 saturated carbocycles. The lowest BCUT2D eigenvalue weighted by Crippen LogP contribution is -2.23. The van der Waals surface area contributed by atoms with Crippen LogP contribution in [-0.4, -0.2) is 6.54 Å². The predicted octanol–water partition coefficient (Wildman–Crippen LogP) is 3.91. The lowest BCUT2D eigenvalue weighted by molar-refractivity contribution is 0.212. The molecule has 1 atom stereocenters. The van der Waals surface area contributed by atoms with Crippen molar-refractivity contribution in [2.75, 3.05) is 11.9 Å². The number of ether oxygens (including phenoxy) is 1. The van der Waals surface area contributed by atoms with Crippen molar-refractivity contribution >= 4 is 17.0 Å². The van der Waals surface area contributed by atoms with Gasteiger partial charge >= 0.3 is 0 Å². The molecule has 1 aliphatic heterocycles. The van der Waals surface area contributed by atoms with Crippen LogP contribution in [0.15, 0.2) is 29.6 Å². The van der Waals surface area contributed by atoms with Crippen LogP contribution in [0.1, 0.15) is 22.1 Å². The summed E-state index contributed by atoms with van der Waals surface area (Å²) in [6.45, 7) is 5.06. The van der Waals surface area contributed by atoms with E-state index in [1.165, 1.54) is 16.0 Å². The Bertz CT molecular complexity index is 533. The summed E-state index contributed by atoms with van der Waals surface area (Å²) in [7, 11) is 0. The van der Waals surface area contributed by atoms with Gasteiger partial charge in [-0.25, -0.2) is 0 Å². The standard InChI is InChI=1S/C14H15NOS/c1-9-6-10(2)14-11(7-9)15-8-12(16-14)13-4-3-5-17-13/h3-7,12,15H,8H2,1-2H3. The van der Waals surface area contributed by atoms with Crippen molar-refractivity contribution in [1.29, 1.82) is 0 Å². The molecule has 0 spiro atoms. The van der Waals surface area contributed by atoms with E-state index >= 15 is 0 Å². The lowest BCUT2D eigenvalue weighted by atomic mass is 10.1. The number of rotatable bonds is 1. The highest BCUT2D eigenvalue weighted by molar-refractivity contribution is 7.10. The minimum atomic E-state index is 0.143. The predicted molar refractivity (Wildman–Crippen MR) is 72.1 cm³/mol. The largest absolute Gasteiger partial charge is 0.481 e. The summed E-state index contributed by atoms with van der Waals surface area (Å²) in [5, 5.41) is 5.56. The van der Waals surface area contributed by atoms with Crippen molar-refractivity contribution in [2.24, 2.45) is 0 Å². The summed E-state index contributed by atoms with van der Waals surface area (Å²) in [6.07, 6.45) is 0.143. The third kappa shape index (κ3) is 1.91. The highest BCUT2D eigenvalue weighted by Crippen LogP contribution is 2.38. The molecule has 0 amide bonds. The number of fused-ring (bicyclic) bond motifs is 1. The Kier molecular flexibility index (Phi) is 2.56. The molecule has 0 fully saturated rings. The van der Waals surface area contributed by atoms with Gasteiger partial charge in [-0.05, 0) is 42.5 Å². The van der Waals surface area contributed by atoms with E-state index < -0.39 is 0 Å². The number of benzene rings is 1. The van der Waals surface area contributed by atoms with Crippen LogP contribution >= 0.6 is 11.3 Å². The third-order valence-electron chi connectivity index (χ3n) is 3.02. The Morgan fingerprint density at radius 2 is 2.24 bits per heavy atom. The van der Waals surface area contributed by atoms with Gasteiger partial charge in [0.05, 0.1) is 12.2 Å². The second-order valence-corrected chi connectivity index (χ2v) is 5.44. The molecular formula is C14H15NOS. The molecule has 1 aromatic carbocycles. The Morgan fingerprint density at radius 1 is 1.35 bits per heavy atom. The number of anilines is 1. The molecule has 0 aliphatic carbocycles. The zero-order valence-electron chi connectivity index (χ0n) is 9.99. The number of thiophene rings is 1. The first-order valence-electron chi connectivity index (χ1n) is 5.79. The molecular weight excluding hydrogens is 230 g/mol. The first kappa shape index (κ1) is 10.7. The van der Waals surface area contributed by atoms with Crippen molar-refractivity contribution in [2.45, 2.75) is 20.0 Å². The Hall–Kier alpha value is -1.48. The van der Waals surface area contributed by atoms with Gasteiger partial charge in [-0.3, -0.25) is 0 Å². The van der Waals surface area contributed by atoms with Gasteiger partial charge in [0.15, 0.2) is 6.10 Å². The summed E-state index contributed by atoms with van der Waals surface area (Å²) in [5.41, 5.74) is 3.59. The first-order chi connectivity index (χ1) is 8.24. The Balaban J connectivity index is 1.95. The smallest absolute Gasteiger partial charge is 0.150 e. The summed E-state index contributed by atoms with van der Waals surface area (Å²) in [6, 6.07) is 8.51. The number of hydrogen-bond donors (Lipinski definition) is 1. The molecule has 1 unspecified atom stereocenters. The van der Waals surface area contributed by atoms with Crippen molar-refractivity contribution in [1.82, 2.24) is 0 Å². The van der Waals surface area contributed by atoms with Gasteiger partial charge in [0, 0.05) is 4.88 Å². The normalized spacial score (nSPS) is 18.1. The zero-order chi connectivity index (χ0) is 11.8. The van der Waals surface area contributed by atoms with Gasteiger partial charge in [-0.15, -0.1) is 11.3 Å². The molecule has 0 saturated heterocycles. The van der Waals surface area contributed by atoms with Gasteiger partial charge < -0.3 is 10.1 Å². The average molecular weight is 245 g/mol. The highest BCUT2D eigenvalue weighted by Gasteiger charge is 2.23. The van der Waals surface area contributed by atoms with Crippen molar-refractivity contribution in [3.8, 4) is 5.75 Å². The topological polar surface area (TPSA) is 21.3 Å². The summed E-state index contributed by atoms with van der Waals surface area (Å²) < 4.78 is 6.11. The Labute approximate surface area is 105 Å². The molecule has 88 valence electrons. The molecule has 17 heavy (non-hydrogen) atoms. The maximum Gasteiger partial charge on any atom is 0.150 e. The van der Waals surface area contributed by atoms with Gasteiger partial charge in [0.2, 0.25) is 0 Å². The molecule has 1 N–H and O–H groups in total. The van der Waals surface area contributed by atoms with Crippen molar-refractivity contribution in [3.63, 3.8) is 0 Å². The van der Waals surface area contributed by atoms with E-state index in [9.17, 15) is 0 Å². The number of hydrogen-bond acceptors (Lipinski definition) is 3. The fourth-order valence-corrected chi connectivity index (χ4v) is 3.02. The van der Waals surface area contributed by atoms with Crippen LogP contribution < -0.4 is 10.1 Å². The van der Waals surface area contributed by atoms with Crippen LogP contribution in [0, 0.1) is 13.8 Å². The molecule has 2 nitrogen and oxygen atoms in total. The van der Waals surface area contributed by atoms with E-state index in [4.69, 9.17) is 4.74 Å². The first-order valence-corrected chi connectivity index (χ1v) is 6.67. The summed E-state index contributed by atoms with van der Waals surface area (Å²) >= 11 is 1.75. The fraction of sp³-hybridized carbons (Fsp3) is 0.286. The van der Waals surface area contributed by atoms with Crippen molar-refractivity contribution < 1.29 is 4.74 Å². The second-order valence-electron chi connectivity index (χ2n) is 4.46. The monoisotopic (exact) mass is 245 g/mol. The van der Waals surface area contributed by atoms with E-state index in [2.05, 4.69) is 48.8 Å². The third-order valence-corrected chi connectivity index (χ3v) is 3.98. The zero-order valence-corrected chi connectivity index (χ0v) is 10.8. The van der Waals surface area contributed by atoms with E-state index in [1.807, 2.05) is 0 Å². The van der Waals surface area contributed by atoms with Crippen molar-refractivity contribution in [3.05, 3.63) is 45.6 Å². The van der Waals surface area contributed by atoms with Crippen LogP contribution in [0.25, 0.3) is 0 Å². The number of aryl methyl sites for hydroxylation is 2. The average Bonchev–Trinajstić information content (AvgIpc) is 2.82. The van der Waals surface area contributed by atoms with Crippen LogP contribution in [0.4, 0.5) is 5.69 Å². The second kappa shape index (κ2) is 4.08. The molecule has 3 rings (SSSR count). The number of nitrogens with one attached hydrogen (secondary N) is 1. The Morgan fingerprint density at radius 3 is 3.00 bits per heavy atom. The van der Waals surface area contributed by atoms with Crippen LogP contribution in [-0.2, 0) is 0 Å². The molecule has 3 heteroatoms. The van der Waals surface area contributed by atoms with Gasteiger partial charge in [-0.1, -0.05) is 12.1 Å². The SMILES string of the molecule is Cc1cc(C)c2c(c1)NCC(c1cccs1)O2. The van der Waals surface area contributed by atoms with Crippen LogP contribution in [0.2, 0.25) is 0 Å². The van der Waals surface area contributed by atoms with Crippen LogP contribution in [0.5, 0.6) is 5.75 Å². The fourth-order valence-electron chi connectivity index (χ4n) is 2.26. The summed E-state index contributed by atoms with van der Waals surface area (Å²) in [4.78, 5) is 1.28. The highest BCUT2D eigenvalue weighted by atomic mass is 32.1. The van der Waals surface area contributed by atoms with Gasteiger partial charge in [-0.2, -0.15) is 0 Å². The maximum atomic E-state index is 6.11. The molecule has 0 bridgehead atoms. The van der Waals surface area contributed by atoms with E-state index in [1.54, 1.807) is 11.3 Å². The van der Waals surface area contributed by atoms with Gasteiger partial charge in [0.25, 0.3) is 0 Å². The minimum absolute atomic E-state index is 0.143. The maximum absolute atomic E-state index is 6.11. The molecule has 0 radical (unpaired) electrons. The van der Waals surface area contributed by atoms with E-state index in [0.29, 0.717) is 0 Å².